The highest BCUT2D eigenvalue weighted by Gasteiger charge is 2.16. The van der Waals surface area contributed by atoms with Gasteiger partial charge in [-0.3, -0.25) is 0 Å². The minimum Gasteiger partial charge on any atom is -0.392 e. The second kappa shape index (κ2) is 5.51. The molecule has 0 amide bonds. The Morgan fingerprint density at radius 1 is 1.58 bits per heavy atom. The molecule has 3 heteroatoms. The summed E-state index contributed by atoms with van der Waals surface area (Å²) in [6.45, 7) is 3.88. The first-order valence-corrected chi connectivity index (χ1v) is 4.72. The van der Waals surface area contributed by atoms with Crippen molar-refractivity contribution in [3.63, 3.8) is 0 Å². The van der Waals surface area contributed by atoms with Gasteiger partial charge in [-0.05, 0) is 25.8 Å². The molecule has 1 saturated heterocycles. The molecule has 1 N–H and O–H groups in total. The van der Waals surface area contributed by atoms with Crippen LogP contribution in [0.25, 0.3) is 0 Å². The van der Waals surface area contributed by atoms with Crippen molar-refractivity contribution in [1.82, 2.24) is 4.90 Å². The van der Waals surface area contributed by atoms with E-state index >= 15 is 0 Å². The zero-order valence-corrected chi connectivity index (χ0v) is 7.83. The maximum absolute atomic E-state index is 9.36. The maximum atomic E-state index is 9.36. The highest BCUT2D eigenvalue weighted by Crippen LogP contribution is 2.09. The molecule has 0 aliphatic carbocycles. The summed E-state index contributed by atoms with van der Waals surface area (Å²) in [7, 11) is 1.73. The zero-order valence-electron chi connectivity index (χ0n) is 7.83. The van der Waals surface area contributed by atoms with Crippen LogP contribution in [-0.4, -0.2) is 49.5 Å². The molecule has 3 nitrogen and oxygen atoms in total. The Balaban J connectivity index is 2.06. The van der Waals surface area contributed by atoms with Crippen LogP contribution in [0.3, 0.4) is 0 Å². The molecule has 0 radical (unpaired) electrons. The third kappa shape index (κ3) is 3.52. The van der Waals surface area contributed by atoms with Gasteiger partial charge in [-0.25, -0.2) is 0 Å². The van der Waals surface area contributed by atoms with Crippen LogP contribution in [0.2, 0.25) is 0 Å². The van der Waals surface area contributed by atoms with Gasteiger partial charge in [-0.15, -0.1) is 0 Å². The largest absolute Gasteiger partial charge is 0.392 e. The van der Waals surface area contributed by atoms with Gasteiger partial charge < -0.3 is 14.7 Å². The lowest BCUT2D eigenvalue weighted by molar-refractivity contribution is 0.0650. The first-order chi connectivity index (χ1) is 5.83. The fourth-order valence-corrected chi connectivity index (χ4v) is 1.67. The van der Waals surface area contributed by atoms with E-state index in [0.717, 1.165) is 45.5 Å². The van der Waals surface area contributed by atoms with Crippen molar-refractivity contribution in [2.45, 2.75) is 25.4 Å². The van der Waals surface area contributed by atoms with Gasteiger partial charge in [0.15, 0.2) is 0 Å². The fraction of sp³-hybridized carbons (Fsp3) is 1.00. The molecule has 1 atom stereocenters. The molecule has 0 aromatic heterocycles. The van der Waals surface area contributed by atoms with Crippen LogP contribution >= 0.6 is 0 Å². The summed E-state index contributed by atoms with van der Waals surface area (Å²) in [5.41, 5.74) is 0. The number of ether oxygens (including phenoxy) is 1. The van der Waals surface area contributed by atoms with Crippen molar-refractivity contribution in [2.75, 3.05) is 33.4 Å². The molecule has 1 aliphatic heterocycles. The van der Waals surface area contributed by atoms with Crippen LogP contribution in [0.15, 0.2) is 0 Å². The summed E-state index contributed by atoms with van der Waals surface area (Å²) in [5.74, 6) is 0. The molecule has 0 spiro atoms. The Morgan fingerprint density at radius 2 is 2.42 bits per heavy atom. The van der Waals surface area contributed by atoms with E-state index in [1.54, 1.807) is 7.11 Å². The van der Waals surface area contributed by atoms with Gasteiger partial charge >= 0.3 is 0 Å². The summed E-state index contributed by atoms with van der Waals surface area (Å²) in [5, 5.41) is 9.36. The Hall–Kier alpha value is -0.120. The molecule has 1 aliphatic rings. The lowest BCUT2D eigenvalue weighted by Gasteiger charge is -2.29. The van der Waals surface area contributed by atoms with E-state index in [0.29, 0.717) is 0 Å². The van der Waals surface area contributed by atoms with Crippen molar-refractivity contribution in [3.05, 3.63) is 0 Å². The highest BCUT2D eigenvalue weighted by atomic mass is 16.5. The molecular weight excluding hydrogens is 154 g/mol. The van der Waals surface area contributed by atoms with Crippen molar-refractivity contribution in [1.29, 1.82) is 0 Å². The summed E-state index contributed by atoms with van der Waals surface area (Å²) in [4.78, 5) is 2.31. The van der Waals surface area contributed by atoms with E-state index in [9.17, 15) is 5.11 Å². The van der Waals surface area contributed by atoms with Crippen LogP contribution in [0.4, 0.5) is 0 Å². The zero-order chi connectivity index (χ0) is 8.81. The number of piperidine rings is 1. The Bertz CT molecular complexity index is 119. The number of hydrogen-bond acceptors (Lipinski definition) is 3. The van der Waals surface area contributed by atoms with Crippen molar-refractivity contribution in [3.8, 4) is 0 Å². The van der Waals surface area contributed by atoms with Crippen LogP contribution in [0, 0.1) is 0 Å². The number of methoxy groups -OCH3 is 1. The number of aliphatic hydroxyl groups excluding tert-OH is 1. The van der Waals surface area contributed by atoms with Gasteiger partial charge in [0.25, 0.3) is 0 Å². The molecule has 0 aromatic carbocycles. The molecule has 12 heavy (non-hydrogen) atoms. The highest BCUT2D eigenvalue weighted by molar-refractivity contribution is 4.71. The normalized spacial score (nSPS) is 26.0. The van der Waals surface area contributed by atoms with Crippen LogP contribution in [-0.2, 0) is 4.74 Å². The lowest BCUT2D eigenvalue weighted by Crippen LogP contribution is -2.38. The summed E-state index contributed by atoms with van der Waals surface area (Å²) in [6, 6.07) is 0. The van der Waals surface area contributed by atoms with Crippen molar-refractivity contribution >= 4 is 0 Å². The van der Waals surface area contributed by atoms with Crippen LogP contribution in [0.5, 0.6) is 0 Å². The quantitative estimate of drug-likeness (QED) is 0.628. The third-order valence-electron chi connectivity index (χ3n) is 2.30. The second-order valence-corrected chi connectivity index (χ2v) is 3.44. The molecule has 1 heterocycles. The molecule has 0 saturated carbocycles. The van der Waals surface area contributed by atoms with Crippen molar-refractivity contribution in [2.24, 2.45) is 0 Å². The smallest absolute Gasteiger partial charge is 0.0667 e. The second-order valence-electron chi connectivity index (χ2n) is 3.44. The Labute approximate surface area is 74.3 Å². The number of aliphatic hydroxyl groups is 1. The van der Waals surface area contributed by atoms with Gasteiger partial charge in [-0.1, -0.05) is 0 Å². The van der Waals surface area contributed by atoms with E-state index < -0.39 is 0 Å². The minimum atomic E-state index is -0.0960. The molecule has 0 aromatic rings. The van der Waals surface area contributed by atoms with E-state index in [-0.39, 0.29) is 6.10 Å². The van der Waals surface area contributed by atoms with E-state index in [4.69, 9.17) is 4.74 Å². The Morgan fingerprint density at radius 3 is 3.08 bits per heavy atom. The first kappa shape index (κ1) is 9.96. The topological polar surface area (TPSA) is 32.7 Å². The van der Waals surface area contributed by atoms with Gasteiger partial charge in [0.2, 0.25) is 0 Å². The molecular formula is C9H19NO2. The van der Waals surface area contributed by atoms with Crippen LogP contribution in [0.1, 0.15) is 19.3 Å². The number of hydrogen-bond donors (Lipinski definition) is 1. The van der Waals surface area contributed by atoms with Crippen LogP contribution < -0.4 is 0 Å². The predicted octanol–water partition coefficient (Wildman–Crippen LogP) is 0.480. The standard InChI is InChI=1S/C9H19NO2/c1-12-7-3-6-10-5-2-4-9(11)8-10/h9,11H,2-8H2,1H3/t9-/m0/s1. The van der Waals surface area contributed by atoms with E-state index in [1.165, 1.54) is 0 Å². The number of rotatable bonds is 4. The fourth-order valence-electron chi connectivity index (χ4n) is 1.67. The number of likely N-dealkylation sites (tertiary alicyclic amines) is 1. The van der Waals surface area contributed by atoms with E-state index in [2.05, 4.69) is 4.90 Å². The minimum absolute atomic E-state index is 0.0960. The summed E-state index contributed by atoms with van der Waals surface area (Å²) in [6.07, 6.45) is 3.08. The SMILES string of the molecule is COCCCN1CCC[C@H](O)C1. The number of β-amino-alcohol motifs (C(OH)–C–C–N with tert-alkyl or cyclic N) is 1. The maximum Gasteiger partial charge on any atom is 0.0667 e. The molecule has 0 unspecified atom stereocenters. The first-order valence-electron chi connectivity index (χ1n) is 4.72. The molecule has 1 fully saturated rings. The summed E-state index contributed by atoms with van der Waals surface area (Å²) >= 11 is 0. The predicted molar refractivity (Wildman–Crippen MR) is 48.2 cm³/mol. The number of nitrogens with zero attached hydrogens (tertiary/aromatic N) is 1. The van der Waals surface area contributed by atoms with E-state index in [1.807, 2.05) is 0 Å². The van der Waals surface area contributed by atoms with Crippen molar-refractivity contribution < 1.29 is 9.84 Å². The molecule has 1 rings (SSSR count). The average molecular weight is 173 g/mol. The third-order valence-corrected chi connectivity index (χ3v) is 2.30. The van der Waals surface area contributed by atoms with Gasteiger partial charge in [0.05, 0.1) is 6.10 Å². The monoisotopic (exact) mass is 173 g/mol. The lowest BCUT2D eigenvalue weighted by atomic mass is 10.1. The summed E-state index contributed by atoms with van der Waals surface area (Å²) < 4.78 is 4.97. The van der Waals surface area contributed by atoms with Gasteiger partial charge in [0, 0.05) is 26.8 Å². The van der Waals surface area contributed by atoms with Gasteiger partial charge in [0.1, 0.15) is 0 Å². The Kier molecular flexibility index (Phi) is 4.58. The molecule has 0 bridgehead atoms. The van der Waals surface area contributed by atoms with Gasteiger partial charge in [-0.2, -0.15) is 0 Å². The molecule has 72 valence electrons. The average Bonchev–Trinajstić information content (AvgIpc) is 2.05.